The van der Waals surface area contributed by atoms with Crippen molar-refractivity contribution in [2.45, 2.75) is 13.8 Å². The molecule has 2 aromatic carbocycles. The normalized spacial score (nSPS) is 14.9. The monoisotopic (exact) mass is 387 g/mol. The van der Waals surface area contributed by atoms with Crippen LogP contribution in [0.4, 0.5) is 11.4 Å². The van der Waals surface area contributed by atoms with E-state index >= 15 is 0 Å². The van der Waals surface area contributed by atoms with E-state index in [1.54, 1.807) is 6.07 Å². The Bertz CT molecular complexity index is 789. The number of aryl methyl sites for hydroxylation is 1. The lowest BCUT2D eigenvalue weighted by molar-refractivity contribution is -0.117. The first-order valence-corrected chi connectivity index (χ1v) is 9.69. The average molecular weight is 388 g/mol. The van der Waals surface area contributed by atoms with Crippen molar-refractivity contribution in [1.82, 2.24) is 4.90 Å². The van der Waals surface area contributed by atoms with Crippen molar-refractivity contribution in [1.29, 1.82) is 0 Å². The minimum atomic E-state index is -0.0157. The Balaban J connectivity index is 1.52. The summed E-state index contributed by atoms with van der Waals surface area (Å²) in [7, 11) is 0. The molecule has 27 heavy (non-hydrogen) atoms. The lowest BCUT2D eigenvalue weighted by atomic mass is 10.2. The van der Waals surface area contributed by atoms with Gasteiger partial charge in [0.1, 0.15) is 5.75 Å². The number of ether oxygens (including phenoxy) is 1. The molecule has 0 saturated carbocycles. The van der Waals surface area contributed by atoms with Crippen molar-refractivity contribution < 1.29 is 9.53 Å². The van der Waals surface area contributed by atoms with Crippen LogP contribution >= 0.6 is 11.6 Å². The second-order valence-electron chi connectivity index (χ2n) is 6.68. The van der Waals surface area contributed by atoms with Gasteiger partial charge in [0.15, 0.2) is 0 Å². The Morgan fingerprint density at radius 1 is 1.15 bits per heavy atom. The van der Waals surface area contributed by atoms with Crippen LogP contribution < -0.4 is 15.0 Å². The molecule has 1 amide bonds. The zero-order valence-corrected chi connectivity index (χ0v) is 16.6. The van der Waals surface area contributed by atoms with Crippen LogP contribution in [0.15, 0.2) is 42.5 Å². The molecule has 0 aromatic heterocycles. The van der Waals surface area contributed by atoms with Gasteiger partial charge in [0.05, 0.1) is 18.8 Å². The van der Waals surface area contributed by atoms with Crippen LogP contribution in [0.2, 0.25) is 5.02 Å². The highest BCUT2D eigenvalue weighted by Crippen LogP contribution is 2.28. The summed E-state index contributed by atoms with van der Waals surface area (Å²) in [5.41, 5.74) is 2.86. The van der Waals surface area contributed by atoms with E-state index in [4.69, 9.17) is 16.3 Å². The van der Waals surface area contributed by atoms with E-state index in [9.17, 15) is 4.79 Å². The zero-order valence-electron chi connectivity index (χ0n) is 15.9. The molecule has 2 aromatic rings. The van der Waals surface area contributed by atoms with E-state index < -0.39 is 0 Å². The number of hydrogen-bond donors (Lipinski definition) is 1. The Morgan fingerprint density at radius 3 is 2.59 bits per heavy atom. The Labute approximate surface area is 165 Å². The van der Waals surface area contributed by atoms with Gasteiger partial charge in [0, 0.05) is 36.9 Å². The summed E-state index contributed by atoms with van der Waals surface area (Å²) in [6.07, 6.45) is 0. The summed E-state index contributed by atoms with van der Waals surface area (Å²) in [6, 6.07) is 13.7. The minimum absolute atomic E-state index is 0.0157. The molecule has 0 unspecified atom stereocenters. The standard InChI is InChI=1S/C21H26ClN3O2/c1-3-27-20-7-5-4-6-19(20)25-12-10-24(11-13-25)15-21(26)23-17-9-8-16(2)18(22)14-17/h4-9,14H,3,10-13,15H2,1-2H3,(H,23,26). The van der Waals surface area contributed by atoms with Gasteiger partial charge in [-0.2, -0.15) is 0 Å². The molecule has 0 bridgehead atoms. The van der Waals surface area contributed by atoms with Gasteiger partial charge in [-0.05, 0) is 43.7 Å². The first kappa shape index (κ1) is 19.5. The largest absolute Gasteiger partial charge is 0.492 e. The summed E-state index contributed by atoms with van der Waals surface area (Å²) >= 11 is 6.12. The molecule has 1 aliphatic rings. The second-order valence-corrected chi connectivity index (χ2v) is 7.08. The average Bonchev–Trinajstić information content (AvgIpc) is 2.66. The number of rotatable bonds is 6. The van der Waals surface area contributed by atoms with E-state index in [-0.39, 0.29) is 5.91 Å². The number of piperazine rings is 1. The van der Waals surface area contributed by atoms with E-state index in [0.717, 1.165) is 48.9 Å². The maximum Gasteiger partial charge on any atom is 0.238 e. The summed E-state index contributed by atoms with van der Waals surface area (Å²) < 4.78 is 5.74. The molecule has 1 saturated heterocycles. The number of anilines is 2. The van der Waals surface area contributed by atoms with Crippen molar-refractivity contribution in [2.75, 3.05) is 49.5 Å². The lowest BCUT2D eigenvalue weighted by Gasteiger charge is -2.36. The van der Waals surface area contributed by atoms with Crippen LogP contribution in [0.3, 0.4) is 0 Å². The highest BCUT2D eigenvalue weighted by molar-refractivity contribution is 6.31. The molecule has 0 aliphatic carbocycles. The molecular formula is C21H26ClN3O2. The summed E-state index contributed by atoms with van der Waals surface area (Å²) in [5.74, 6) is 0.903. The van der Waals surface area contributed by atoms with Gasteiger partial charge in [-0.3, -0.25) is 9.69 Å². The Morgan fingerprint density at radius 2 is 1.89 bits per heavy atom. The number of amides is 1. The van der Waals surface area contributed by atoms with Crippen LogP contribution in [0.1, 0.15) is 12.5 Å². The Hall–Kier alpha value is -2.24. The molecule has 1 heterocycles. The summed E-state index contributed by atoms with van der Waals surface area (Å²) in [5, 5.41) is 3.59. The number of nitrogens with zero attached hydrogens (tertiary/aromatic N) is 2. The molecule has 1 N–H and O–H groups in total. The van der Waals surface area contributed by atoms with Gasteiger partial charge in [-0.1, -0.05) is 29.8 Å². The predicted octanol–water partition coefficient (Wildman–Crippen LogP) is 3.81. The summed E-state index contributed by atoms with van der Waals surface area (Å²) in [4.78, 5) is 16.8. The fraction of sp³-hybridized carbons (Fsp3) is 0.381. The number of carbonyl (C=O) groups excluding carboxylic acids is 1. The molecule has 3 rings (SSSR count). The molecule has 144 valence electrons. The number of nitrogens with one attached hydrogen (secondary N) is 1. The number of halogens is 1. The number of carbonyl (C=O) groups is 1. The SMILES string of the molecule is CCOc1ccccc1N1CCN(CC(=O)Nc2ccc(C)c(Cl)c2)CC1. The number of hydrogen-bond acceptors (Lipinski definition) is 4. The molecule has 5 nitrogen and oxygen atoms in total. The van der Waals surface area contributed by atoms with E-state index in [1.165, 1.54) is 0 Å². The minimum Gasteiger partial charge on any atom is -0.492 e. The highest BCUT2D eigenvalue weighted by Gasteiger charge is 2.21. The Kier molecular flexibility index (Phi) is 6.58. The molecule has 0 atom stereocenters. The first-order chi connectivity index (χ1) is 13.1. The molecule has 1 fully saturated rings. The summed E-state index contributed by atoms with van der Waals surface area (Å²) in [6.45, 7) is 8.38. The van der Waals surface area contributed by atoms with Crippen molar-refractivity contribution in [3.05, 3.63) is 53.1 Å². The van der Waals surface area contributed by atoms with E-state index in [0.29, 0.717) is 18.2 Å². The van der Waals surface area contributed by atoms with Crippen molar-refractivity contribution in [3.8, 4) is 5.75 Å². The first-order valence-electron chi connectivity index (χ1n) is 9.32. The third-order valence-corrected chi connectivity index (χ3v) is 5.11. The highest BCUT2D eigenvalue weighted by atomic mass is 35.5. The van der Waals surface area contributed by atoms with Crippen molar-refractivity contribution in [3.63, 3.8) is 0 Å². The predicted molar refractivity (Wildman–Crippen MR) is 111 cm³/mol. The molecule has 1 aliphatic heterocycles. The number of para-hydroxylation sites is 2. The van der Waals surface area contributed by atoms with Crippen LogP contribution in [0.25, 0.3) is 0 Å². The molecule has 0 radical (unpaired) electrons. The second kappa shape index (κ2) is 9.11. The van der Waals surface area contributed by atoms with Gasteiger partial charge >= 0.3 is 0 Å². The smallest absolute Gasteiger partial charge is 0.238 e. The third-order valence-electron chi connectivity index (χ3n) is 4.70. The van der Waals surface area contributed by atoms with Crippen LogP contribution in [0.5, 0.6) is 5.75 Å². The third kappa shape index (κ3) is 5.15. The lowest BCUT2D eigenvalue weighted by Crippen LogP contribution is -2.48. The fourth-order valence-electron chi connectivity index (χ4n) is 3.22. The van der Waals surface area contributed by atoms with Gasteiger partial charge in [0.2, 0.25) is 5.91 Å². The molecule has 0 spiro atoms. The van der Waals surface area contributed by atoms with Crippen LogP contribution in [-0.4, -0.2) is 50.1 Å². The van der Waals surface area contributed by atoms with Gasteiger partial charge in [0.25, 0.3) is 0 Å². The number of benzene rings is 2. The van der Waals surface area contributed by atoms with Crippen LogP contribution in [-0.2, 0) is 4.79 Å². The molecular weight excluding hydrogens is 362 g/mol. The zero-order chi connectivity index (χ0) is 19.2. The van der Waals surface area contributed by atoms with Gasteiger partial charge in [-0.25, -0.2) is 0 Å². The van der Waals surface area contributed by atoms with Crippen molar-refractivity contribution in [2.24, 2.45) is 0 Å². The maximum absolute atomic E-state index is 12.3. The van der Waals surface area contributed by atoms with E-state index in [1.807, 2.05) is 44.2 Å². The van der Waals surface area contributed by atoms with Crippen molar-refractivity contribution >= 4 is 28.9 Å². The van der Waals surface area contributed by atoms with Crippen LogP contribution in [0, 0.1) is 6.92 Å². The van der Waals surface area contributed by atoms with E-state index in [2.05, 4.69) is 21.2 Å². The quantitative estimate of drug-likeness (QED) is 0.818. The maximum atomic E-state index is 12.3. The fourth-order valence-corrected chi connectivity index (χ4v) is 3.40. The molecule has 6 heteroatoms. The topological polar surface area (TPSA) is 44.8 Å². The van der Waals surface area contributed by atoms with Gasteiger partial charge < -0.3 is 15.0 Å². The van der Waals surface area contributed by atoms with Gasteiger partial charge in [-0.15, -0.1) is 0 Å².